The number of aryl methyl sites for hydroxylation is 2. The van der Waals surface area contributed by atoms with Crippen LogP contribution in [0.25, 0.3) is 0 Å². The van der Waals surface area contributed by atoms with E-state index in [-0.39, 0.29) is 24.0 Å². The zero-order valence-corrected chi connectivity index (χ0v) is 22.2. The van der Waals surface area contributed by atoms with Crippen LogP contribution < -0.4 is 15.5 Å². The van der Waals surface area contributed by atoms with Crippen molar-refractivity contribution in [1.29, 1.82) is 0 Å². The van der Waals surface area contributed by atoms with Crippen molar-refractivity contribution < 1.29 is 4.52 Å². The van der Waals surface area contributed by atoms with Crippen molar-refractivity contribution in [3.8, 4) is 0 Å². The lowest BCUT2D eigenvalue weighted by molar-refractivity contribution is 0.270. The van der Waals surface area contributed by atoms with Crippen LogP contribution in [0.4, 0.5) is 5.82 Å². The first-order valence-corrected chi connectivity index (χ1v) is 11.6. The summed E-state index contributed by atoms with van der Waals surface area (Å²) in [6.07, 6.45) is 3.64. The summed E-state index contributed by atoms with van der Waals surface area (Å²) in [6, 6.07) is 4.25. The van der Waals surface area contributed by atoms with Crippen LogP contribution in [0.2, 0.25) is 0 Å². The molecule has 0 atom stereocenters. The van der Waals surface area contributed by atoms with Gasteiger partial charge >= 0.3 is 0 Å². The number of anilines is 1. The zero-order chi connectivity index (χ0) is 22.1. The maximum absolute atomic E-state index is 5.47. The Hall–Kier alpha value is -1.88. The fourth-order valence-corrected chi connectivity index (χ4v) is 3.81. The van der Waals surface area contributed by atoms with Gasteiger partial charge in [-0.1, -0.05) is 32.0 Å². The second kappa shape index (κ2) is 13.6. The largest absolute Gasteiger partial charge is 0.361 e. The molecule has 3 rings (SSSR count). The average molecular weight is 556 g/mol. The van der Waals surface area contributed by atoms with Gasteiger partial charge in [0.1, 0.15) is 11.6 Å². The number of aliphatic imine (C=N–C) groups is 1. The summed E-state index contributed by atoms with van der Waals surface area (Å²) in [6.45, 7) is 15.9. The Bertz CT molecular complexity index is 808. The molecule has 178 valence electrons. The van der Waals surface area contributed by atoms with Crippen LogP contribution in [0.1, 0.15) is 50.3 Å². The third-order valence-electron chi connectivity index (χ3n) is 5.76. The fourth-order valence-electron chi connectivity index (χ4n) is 3.81. The smallest absolute Gasteiger partial charge is 0.191 e. The Morgan fingerprint density at radius 1 is 1.06 bits per heavy atom. The minimum Gasteiger partial charge on any atom is -0.361 e. The van der Waals surface area contributed by atoms with Gasteiger partial charge in [0, 0.05) is 57.4 Å². The zero-order valence-electron chi connectivity index (χ0n) is 19.9. The van der Waals surface area contributed by atoms with E-state index in [1.165, 1.54) is 0 Å². The molecule has 32 heavy (non-hydrogen) atoms. The quantitative estimate of drug-likeness (QED) is 0.280. The van der Waals surface area contributed by atoms with E-state index in [1.807, 2.05) is 6.20 Å². The van der Waals surface area contributed by atoms with Crippen molar-refractivity contribution in [3.63, 3.8) is 0 Å². The number of hydrogen-bond acceptors (Lipinski definition) is 6. The molecule has 1 saturated heterocycles. The van der Waals surface area contributed by atoms with Gasteiger partial charge in [-0.15, -0.1) is 24.0 Å². The van der Waals surface area contributed by atoms with Crippen molar-refractivity contribution in [1.82, 2.24) is 25.7 Å². The van der Waals surface area contributed by atoms with Crippen LogP contribution in [-0.4, -0.2) is 60.3 Å². The molecule has 0 spiro atoms. The van der Waals surface area contributed by atoms with Crippen LogP contribution in [-0.2, 0) is 25.9 Å². The normalized spacial score (nSPS) is 14.9. The van der Waals surface area contributed by atoms with Crippen molar-refractivity contribution in [3.05, 3.63) is 40.9 Å². The van der Waals surface area contributed by atoms with Gasteiger partial charge in [-0.2, -0.15) is 0 Å². The molecule has 0 unspecified atom stereocenters. The van der Waals surface area contributed by atoms with Gasteiger partial charge < -0.3 is 25.0 Å². The standard InChI is InChI=1S/C23H37N7O.HI/c1-5-20-19(21(6-2)31-28-20)17-27-23(24-7-3)26-16-18-9-10-22(25-15-18)30-13-11-29(8-4)12-14-30;/h9-10,15H,5-8,11-14,16-17H2,1-4H3,(H2,24,26,27);1H. The second-order valence-corrected chi connectivity index (χ2v) is 7.73. The molecule has 0 aliphatic carbocycles. The van der Waals surface area contributed by atoms with Crippen molar-refractivity contribution in [2.45, 2.75) is 53.6 Å². The summed E-state index contributed by atoms with van der Waals surface area (Å²) in [5.41, 5.74) is 3.26. The molecule has 3 heterocycles. The summed E-state index contributed by atoms with van der Waals surface area (Å²) >= 11 is 0. The minimum absolute atomic E-state index is 0. The summed E-state index contributed by atoms with van der Waals surface area (Å²) in [4.78, 5) is 14.3. The molecule has 1 aliphatic rings. The van der Waals surface area contributed by atoms with E-state index in [1.54, 1.807) is 0 Å². The molecule has 0 saturated carbocycles. The van der Waals surface area contributed by atoms with E-state index in [4.69, 9.17) is 9.52 Å². The third kappa shape index (κ3) is 7.06. The molecule has 9 heteroatoms. The predicted octanol–water partition coefficient (Wildman–Crippen LogP) is 3.21. The average Bonchev–Trinajstić information content (AvgIpc) is 3.23. The number of likely N-dealkylation sites (N-methyl/N-ethyl adjacent to an activating group) is 1. The number of nitrogens with one attached hydrogen (secondary N) is 2. The summed E-state index contributed by atoms with van der Waals surface area (Å²) in [5.74, 6) is 2.78. The number of nitrogens with zero attached hydrogens (tertiary/aromatic N) is 5. The highest BCUT2D eigenvalue weighted by molar-refractivity contribution is 14.0. The van der Waals surface area contributed by atoms with Crippen LogP contribution in [0.15, 0.2) is 27.8 Å². The molecule has 8 nitrogen and oxygen atoms in total. The van der Waals surface area contributed by atoms with Crippen LogP contribution in [0.5, 0.6) is 0 Å². The van der Waals surface area contributed by atoms with Crippen molar-refractivity contribution >= 4 is 35.8 Å². The Labute approximate surface area is 209 Å². The first kappa shape index (κ1) is 26.4. The monoisotopic (exact) mass is 555 g/mol. The van der Waals surface area contributed by atoms with Gasteiger partial charge in [0.25, 0.3) is 0 Å². The van der Waals surface area contributed by atoms with E-state index in [2.05, 4.69) is 70.4 Å². The third-order valence-corrected chi connectivity index (χ3v) is 5.76. The molecule has 2 N–H and O–H groups in total. The number of rotatable bonds is 9. The fraction of sp³-hybridized carbons (Fsp3) is 0.609. The number of pyridine rings is 1. The number of guanidine groups is 1. The molecule has 0 aromatic carbocycles. The SMILES string of the molecule is CCNC(=NCc1ccc(N2CCN(CC)CC2)nc1)NCc1c(CC)noc1CC.I. The topological polar surface area (TPSA) is 81.8 Å². The molecule has 2 aromatic heterocycles. The molecule has 0 amide bonds. The molecular formula is C23H38IN7O. The first-order chi connectivity index (χ1) is 15.2. The summed E-state index contributed by atoms with van der Waals surface area (Å²) in [5, 5.41) is 10.9. The predicted molar refractivity (Wildman–Crippen MR) is 141 cm³/mol. The van der Waals surface area contributed by atoms with E-state index in [0.717, 1.165) is 86.5 Å². The molecule has 1 fully saturated rings. The molecule has 1 aliphatic heterocycles. The van der Waals surface area contributed by atoms with Gasteiger partial charge in [-0.05, 0) is 31.5 Å². The lowest BCUT2D eigenvalue weighted by atomic mass is 10.1. The van der Waals surface area contributed by atoms with Gasteiger partial charge in [-0.3, -0.25) is 0 Å². The van der Waals surface area contributed by atoms with Gasteiger partial charge in [0.2, 0.25) is 0 Å². The lowest BCUT2D eigenvalue weighted by Crippen LogP contribution is -2.46. The van der Waals surface area contributed by atoms with E-state index in [9.17, 15) is 0 Å². The first-order valence-electron chi connectivity index (χ1n) is 11.6. The number of aromatic nitrogens is 2. The highest BCUT2D eigenvalue weighted by Gasteiger charge is 2.16. The second-order valence-electron chi connectivity index (χ2n) is 7.73. The number of piperazine rings is 1. The van der Waals surface area contributed by atoms with Crippen molar-refractivity contribution in [2.24, 2.45) is 4.99 Å². The minimum atomic E-state index is 0. The highest BCUT2D eigenvalue weighted by Crippen LogP contribution is 2.16. The van der Waals surface area contributed by atoms with E-state index in [0.29, 0.717) is 13.1 Å². The maximum atomic E-state index is 5.47. The van der Waals surface area contributed by atoms with Gasteiger partial charge in [0.05, 0.1) is 12.2 Å². The Balaban J connectivity index is 0.00000363. The van der Waals surface area contributed by atoms with Crippen LogP contribution in [0.3, 0.4) is 0 Å². The Morgan fingerprint density at radius 3 is 2.44 bits per heavy atom. The number of hydrogen-bond donors (Lipinski definition) is 2. The molecule has 0 bridgehead atoms. The lowest BCUT2D eigenvalue weighted by Gasteiger charge is -2.34. The van der Waals surface area contributed by atoms with Gasteiger partial charge in [-0.25, -0.2) is 9.98 Å². The Morgan fingerprint density at radius 2 is 1.84 bits per heavy atom. The van der Waals surface area contributed by atoms with Crippen LogP contribution >= 0.6 is 24.0 Å². The number of halogens is 1. The van der Waals surface area contributed by atoms with Crippen molar-refractivity contribution in [2.75, 3.05) is 44.2 Å². The molecule has 0 radical (unpaired) electrons. The maximum Gasteiger partial charge on any atom is 0.191 e. The highest BCUT2D eigenvalue weighted by atomic mass is 127. The van der Waals surface area contributed by atoms with E-state index >= 15 is 0 Å². The molecule has 2 aromatic rings. The summed E-state index contributed by atoms with van der Waals surface area (Å²) in [7, 11) is 0. The Kier molecular flexibility index (Phi) is 11.2. The van der Waals surface area contributed by atoms with Crippen LogP contribution in [0, 0.1) is 0 Å². The molecular weight excluding hydrogens is 517 g/mol. The van der Waals surface area contributed by atoms with E-state index < -0.39 is 0 Å². The van der Waals surface area contributed by atoms with Gasteiger partial charge in [0.15, 0.2) is 5.96 Å². The summed E-state index contributed by atoms with van der Waals surface area (Å²) < 4.78 is 5.47.